The van der Waals surface area contributed by atoms with E-state index in [4.69, 9.17) is 4.52 Å². The zero-order valence-corrected chi connectivity index (χ0v) is 12.4. The third-order valence-corrected chi connectivity index (χ3v) is 3.02. The normalized spacial score (nSPS) is 12.0. The Morgan fingerprint density at radius 3 is 2.81 bits per heavy atom. The summed E-state index contributed by atoms with van der Waals surface area (Å²) >= 11 is 0. The molecule has 1 aromatic carbocycles. The predicted octanol–water partition coefficient (Wildman–Crippen LogP) is 3.30. The smallest absolute Gasteiger partial charge is 0.326 e. The van der Waals surface area contributed by atoms with E-state index >= 15 is 0 Å². The minimum atomic E-state index is -0.362. The van der Waals surface area contributed by atoms with E-state index in [1.54, 1.807) is 13.0 Å². The summed E-state index contributed by atoms with van der Waals surface area (Å²) in [7, 11) is 0. The number of nitrogens with one attached hydrogen (secondary N) is 3. The number of rotatable bonds is 5. The van der Waals surface area contributed by atoms with Crippen molar-refractivity contribution < 1.29 is 9.32 Å². The SMILES string of the molecule is CCNC(C)c1cccc(NC(=O)Nc2cc(C)no2)c1. The van der Waals surface area contributed by atoms with Gasteiger partial charge in [-0.1, -0.05) is 24.2 Å². The Hall–Kier alpha value is -2.34. The highest BCUT2D eigenvalue weighted by Gasteiger charge is 2.08. The van der Waals surface area contributed by atoms with Crippen molar-refractivity contribution in [3.05, 3.63) is 41.6 Å². The molecular weight excluding hydrogens is 268 g/mol. The van der Waals surface area contributed by atoms with Crippen molar-refractivity contribution in [2.75, 3.05) is 17.2 Å². The first kappa shape index (κ1) is 15.1. The lowest BCUT2D eigenvalue weighted by atomic mass is 10.1. The first-order valence-corrected chi connectivity index (χ1v) is 6.93. The Kier molecular flexibility index (Phi) is 4.94. The topological polar surface area (TPSA) is 79.2 Å². The predicted molar refractivity (Wildman–Crippen MR) is 82.4 cm³/mol. The standard InChI is InChI=1S/C15H20N4O2/c1-4-16-11(3)12-6-5-7-13(9-12)17-15(20)18-14-8-10(2)19-21-14/h5-9,11,16H,4H2,1-3H3,(H2,17,18,20). The van der Waals surface area contributed by atoms with Crippen molar-refractivity contribution in [2.45, 2.75) is 26.8 Å². The van der Waals surface area contributed by atoms with Crippen molar-refractivity contribution in [1.82, 2.24) is 10.5 Å². The van der Waals surface area contributed by atoms with Crippen LogP contribution in [0.4, 0.5) is 16.4 Å². The molecule has 1 atom stereocenters. The van der Waals surface area contributed by atoms with E-state index in [0.717, 1.165) is 17.8 Å². The van der Waals surface area contributed by atoms with Gasteiger partial charge in [-0.3, -0.25) is 5.32 Å². The number of benzene rings is 1. The number of urea groups is 1. The Balaban J connectivity index is 1.99. The maximum atomic E-state index is 11.9. The summed E-state index contributed by atoms with van der Waals surface area (Å²) in [5.41, 5.74) is 2.56. The lowest BCUT2D eigenvalue weighted by molar-refractivity contribution is 0.261. The van der Waals surface area contributed by atoms with E-state index in [-0.39, 0.29) is 12.1 Å². The van der Waals surface area contributed by atoms with Gasteiger partial charge in [-0.15, -0.1) is 0 Å². The van der Waals surface area contributed by atoms with Gasteiger partial charge in [0.15, 0.2) is 0 Å². The van der Waals surface area contributed by atoms with Gasteiger partial charge in [-0.25, -0.2) is 4.79 Å². The molecule has 2 rings (SSSR count). The molecule has 0 radical (unpaired) electrons. The Bertz CT molecular complexity index is 609. The van der Waals surface area contributed by atoms with Crippen LogP contribution in [0.5, 0.6) is 0 Å². The van der Waals surface area contributed by atoms with Crippen molar-refractivity contribution in [1.29, 1.82) is 0 Å². The molecule has 2 aromatic rings. The van der Waals surface area contributed by atoms with Crippen molar-refractivity contribution >= 4 is 17.6 Å². The zero-order valence-electron chi connectivity index (χ0n) is 12.4. The fourth-order valence-corrected chi connectivity index (χ4v) is 2.01. The average Bonchev–Trinajstić information content (AvgIpc) is 2.84. The molecule has 3 N–H and O–H groups in total. The first-order chi connectivity index (χ1) is 10.1. The number of hydrogen-bond acceptors (Lipinski definition) is 4. The van der Waals surface area contributed by atoms with Gasteiger partial charge in [-0.05, 0) is 38.1 Å². The van der Waals surface area contributed by atoms with Crippen LogP contribution in [0.25, 0.3) is 0 Å². The van der Waals surface area contributed by atoms with Crippen LogP contribution in [-0.2, 0) is 0 Å². The van der Waals surface area contributed by atoms with Gasteiger partial charge in [0, 0.05) is 17.8 Å². The summed E-state index contributed by atoms with van der Waals surface area (Å²) in [5, 5.41) is 12.4. The van der Waals surface area contributed by atoms with E-state index in [9.17, 15) is 4.79 Å². The van der Waals surface area contributed by atoms with Gasteiger partial charge in [0.1, 0.15) is 0 Å². The molecule has 1 unspecified atom stereocenters. The highest BCUT2D eigenvalue weighted by atomic mass is 16.5. The van der Waals surface area contributed by atoms with Gasteiger partial charge in [0.25, 0.3) is 0 Å². The first-order valence-electron chi connectivity index (χ1n) is 6.93. The Morgan fingerprint density at radius 1 is 1.33 bits per heavy atom. The largest absolute Gasteiger partial charge is 0.338 e. The molecule has 0 aliphatic rings. The molecular formula is C15H20N4O2. The number of carbonyl (C=O) groups is 1. The van der Waals surface area contributed by atoms with E-state index in [1.165, 1.54) is 0 Å². The van der Waals surface area contributed by atoms with Gasteiger partial charge in [-0.2, -0.15) is 0 Å². The summed E-state index contributed by atoms with van der Waals surface area (Å²) in [5.74, 6) is 0.321. The molecule has 0 saturated carbocycles. The zero-order chi connectivity index (χ0) is 15.2. The van der Waals surface area contributed by atoms with Crippen LogP contribution in [-0.4, -0.2) is 17.7 Å². The maximum absolute atomic E-state index is 11.9. The highest BCUT2D eigenvalue weighted by molar-refractivity contribution is 5.98. The van der Waals surface area contributed by atoms with E-state index < -0.39 is 0 Å². The summed E-state index contributed by atoms with van der Waals surface area (Å²) in [6.45, 7) is 6.83. The molecule has 6 nitrogen and oxygen atoms in total. The fraction of sp³-hybridized carbons (Fsp3) is 0.333. The van der Waals surface area contributed by atoms with E-state index in [0.29, 0.717) is 11.6 Å². The molecule has 0 fully saturated rings. The molecule has 1 heterocycles. The number of amides is 2. The molecule has 2 amide bonds. The highest BCUT2D eigenvalue weighted by Crippen LogP contribution is 2.17. The molecule has 0 aliphatic carbocycles. The van der Waals surface area contributed by atoms with Crippen LogP contribution in [0.2, 0.25) is 0 Å². The quantitative estimate of drug-likeness (QED) is 0.788. The number of anilines is 2. The van der Waals surface area contributed by atoms with Gasteiger partial charge >= 0.3 is 6.03 Å². The van der Waals surface area contributed by atoms with Crippen LogP contribution in [0.1, 0.15) is 31.1 Å². The molecule has 0 bridgehead atoms. The average molecular weight is 288 g/mol. The number of aromatic nitrogens is 1. The maximum Gasteiger partial charge on any atom is 0.326 e. The van der Waals surface area contributed by atoms with Gasteiger partial charge in [0.05, 0.1) is 5.69 Å². The Labute approximate surface area is 123 Å². The second-order valence-electron chi connectivity index (χ2n) is 4.82. The van der Waals surface area contributed by atoms with Gasteiger partial charge < -0.3 is 15.2 Å². The molecule has 0 spiro atoms. The minimum Gasteiger partial charge on any atom is -0.338 e. The van der Waals surface area contributed by atoms with Crippen LogP contribution in [0, 0.1) is 6.92 Å². The van der Waals surface area contributed by atoms with Gasteiger partial charge in [0.2, 0.25) is 5.88 Å². The summed E-state index contributed by atoms with van der Waals surface area (Å²) in [4.78, 5) is 11.9. The Morgan fingerprint density at radius 2 is 2.14 bits per heavy atom. The monoisotopic (exact) mass is 288 g/mol. The van der Waals surface area contributed by atoms with Crippen molar-refractivity contribution in [2.24, 2.45) is 0 Å². The van der Waals surface area contributed by atoms with Crippen LogP contribution >= 0.6 is 0 Å². The van der Waals surface area contributed by atoms with Crippen LogP contribution in [0.15, 0.2) is 34.9 Å². The second-order valence-corrected chi connectivity index (χ2v) is 4.82. The number of hydrogen-bond donors (Lipinski definition) is 3. The number of carbonyl (C=O) groups excluding carboxylic acids is 1. The third-order valence-electron chi connectivity index (χ3n) is 3.02. The summed E-state index contributed by atoms with van der Waals surface area (Å²) in [6.07, 6.45) is 0. The van der Waals surface area contributed by atoms with Crippen molar-refractivity contribution in [3.8, 4) is 0 Å². The van der Waals surface area contributed by atoms with E-state index in [2.05, 4.69) is 35.0 Å². The molecule has 21 heavy (non-hydrogen) atoms. The molecule has 6 heteroatoms. The lowest BCUT2D eigenvalue weighted by Gasteiger charge is -2.14. The lowest BCUT2D eigenvalue weighted by Crippen LogP contribution is -2.20. The summed E-state index contributed by atoms with van der Waals surface area (Å²) < 4.78 is 4.93. The molecule has 0 saturated heterocycles. The van der Waals surface area contributed by atoms with Crippen LogP contribution in [0.3, 0.4) is 0 Å². The second kappa shape index (κ2) is 6.90. The molecule has 1 aromatic heterocycles. The van der Waals surface area contributed by atoms with Crippen LogP contribution < -0.4 is 16.0 Å². The minimum absolute atomic E-state index is 0.233. The molecule has 0 aliphatic heterocycles. The van der Waals surface area contributed by atoms with Crippen molar-refractivity contribution in [3.63, 3.8) is 0 Å². The van der Waals surface area contributed by atoms with E-state index in [1.807, 2.05) is 24.3 Å². The fourth-order valence-electron chi connectivity index (χ4n) is 2.01. The molecule has 112 valence electrons. The number of nitrogens with zero attached hydrogens (tertiary/aromatic N) is 1. The third kappa shape index (κ3) is 4.32. The number of aryl methyl sites for hydroxylation is 1. The summed E-state index contributed by atoms with van der Waals surface area (Å²) in [6, 6.07) is 9.25.